The van der Waals surface area contributed by atoms with Crippen molar-refractivity contribution in [2.24, 2.45) is 0 Å². The molecule has 1 amide bonds. The van der Waals surface area contributed by atoms with Crippen LogP contribution in [-0.2, 0) is 5.75 Å². The molecule has 0 radical (unpaired) electrons. The SMILES string of the molecule is Cc1csc(SCc2c(C(=O)NC(C)c3ccc(C)o3)oc3ccccc23)n1. The van der Waals surface area contributed by atoms with Gasteiger partial charge >= 0.3 is 0 Å². The lowest BCUT2D eigenvalue weighted by Gasteiger charge is -2.11. The third kappa shape index (κ3) is 3.86. The van der Waals surface area contributed by atoms with Gasteiger partial charge < -0.3 is 14.2 Å². The Morgan fingerprint density at radius 3 is 2.75 bits per heavy atom. The molecule has 0 bridgehead atoms. The largest absolute Gasteiger partial charge is 0.464 e. The van der Waals surface area contributed by atoms with Crippen molar-refractivity contribution < 1.29 is 13.6 Å². The van der Waals surface area contributed by atoms with Gasteiger partial charge in [-0.25, -0.2) is 4.98 Å². The molecule has 1 aromatic carbocycles. The van der Waals surface area contributed by atoms with E-state index >= 15 is 0 Å². The predicted molar refractivity (Wildman–Crippen MR) is 112 cm³/mol. The number of para-hydroxylation sites is 1. The number of carbonyl (C=O) groups is 1. The summed E-state index contributed by atoms with van der Waals surface area (Å²) in [5.74, 6) is 2.24. The lowest BCUT2D eigenvalue weighted by atomic mass is 10.1. The maximum absolute atomic E-state index is 13.0. The van der Waals surface area contributed by atoms with Gasteiger partial charge in [0.2, 0.25) is 0 Å². The van der Waals surface area contributed by atoms with Gasteiger partial charge in [-0.05, 0) is 39.0 Å². The van der Waals surface area contributed by atoms with Crippen LogP contribution in [0.5, 0.6) is 0 Å². The molecule has 0 aliphatic heterocycles. The molecule has 4 aromatic rings. The predicted octanol–water partition coefficient (Wildman–Crippen LogP) is 5.88. The molecule has 0 saturated heterocycles. The summed E-state index contributed by atoms with van der Waals surface area (Å²) >= 11 is 3.22. The number of fused-ring (bicyclic) bond motifs is 1. The smallest absolute Gasteiger partial charge is 0.287 e. The van der Waals surface area contributed by atoms with Crippen LogP contribution in [0, 0.1) is 13.8 Å². The molecule has 144 valence electrons. The summed E-state index contributed by atoms with van der Waals surface area (Å²) in [4.78, 5) is 17.5. The van der Waals surface area contributed by atoms with Gasteiger partial charge in [0.1, 0.15) is 21.4 Å². The first-order chi connectivity index (χ1) is 13.5. The van der Waals surface area contributed by atoms with Crippen molar-refractivity contribution >= 4 is 40.0 Å². The minimum Gasteiger partial charge on any atom is -0.464 e. The summed E-state index contributed by atoms with van der Waals surface area (Å²) in [6.07, 6.45) is 0. The molecule has 0 fully saturated rings. The second-order valence-electron chi connectivity index (χ2n) is 6.59. The standard InChI is InChI=1S/C21H20N2O3S2/c1-12-10-27-21(22-12)28-11-16-15-6-4-5-7-18(15)26-19(16)20(24)23-14(3)17-9-8-13(2)25-17/h4-10,14H,11H2,1-3H3,(H,23,24). The Balaban J connectivity index is 1.60. The molecule has 4 rings (SSSR count). The molecular formula is C21H20N2O3S2. The highest BCUT2D eigenvalue weighted by Gasteiger charge is 2.23. The Hall–Kier alpha value is -2.51. The average molecular weight is 413 g/mol. The van der Waals surface area contributed by atoms with E-state index in [9.17, 15) is 4.79 Å². The fourth-order valence-corrected chi connectivity index (χ4v) is 4.85. The minimum atomic E-state index is -0.253. The van der Waals surface area contributed by atoms with Crippen LogP contribution in [0.3, 0.4) is 0 Å². The van der Waals surface area contributed by atoms with E-state index in [0.717, 1.165) is 32.5 Å². The molecule has 0 aliphatic carbocycles. The quantitative estimate of drug-likeness (QED) is 0.400. The molecule has 1 N–H and O–H groups in total. The summed E-state index contributed by atoms with van der Waals surface area (Å²) in [5, 5.41) is 5.96. The van der Waals surface area contributed by atoms with Crippen molar-refractivity contribution in [1.82, 2.24) is 10.3 Å². The van der Waals surface area contributed by atoms with Crippen molar-refractivity contribution in [1.29, 1.82) is 0 Å². The first-order valence-electron chi connectivity index (χ1n) is 8.94. The monoisotopic (exact) mass is 412 g/mol. The number of nitrogens with zero attached hydrogens (tertiary/aromatic N) is 1. The van der Waals surface area contributed by atoms with Crippen molar-refractivity contribution in [2.75, 3.05) is 0 Å². The summed E-state index contributed by atoms with van der Waals surface area (Å²) in [6, 6.07) is 11.2. The number of aromatic nitrogens is 1. The molecule has 3 heterocycles. The topological polar surface area (TPSA) is 68.3 Å². The molecule has 7 heteroatoms. The number of nitrogens with one attached hydrogen (secondary N) is 1. The van der Waals surface area contributed by atoms with Gasteiger partial charge in [-0.3, -0.25) is 4.79 Å². The van der Waals surface area contributed by atoms with Gasteiger partial charge in [0.05, 0.1) is 6.04 Å². The highest BCUT2D eigenvalue weighted by molar-refractivity contribution is 8.00. The van der Waals surface area contributed by atoms with Crippen molar-refractivity contribution in [2.45, 2.75) is 36.9 Å². The molecular weight excluding hydrogens is 392 g/mol. The van der Waals surface area contributed by atoms with Gasteiger partial charge in [0.15, 0.2) is 5.76 Å². The fourth-order valence-electron chi connectivity index (χ4n) is 2.98. The summed E-state index contributed by atoms with van der Waals surface area (Å²) < 4.78 is 12.5. The van der Waals surface area contributed by atoms with Crippen molar-refractivity contribution in [3.8, 4) is 0 Å². The van der Waals surface area contributed by atoms with Crippen LogP contribution in [0.1, 0.15) is 46.3 Å². The normalized spacial score (nSPS) is 12.4. The number of thioether (sulfide) groups is 1. The lowest BCUT2D eigenvalue weighted by Crippen LogP contribution is -2.26. The Bertz CT molecular complexity index is 1130. The molecule has 3 aromatic heterocycles. The van der Waals surface area contributed by atoms with Crippen LogP contribution in [0.15, 0.2) is 55.0 Å². The Labute approximate surface area is 171 Å². The second kappa shape index (κ2) is 7.85. The van der Waals surface area contributed by atoms with E-state index < -0.39 is 0 Å². The zero-order valence-electron chi connectivity index (χ0n) is 15.8. The third-order valence-corrected chi connectivity index (χ3v) is 6.54. The molecule has 0 saturated carbocycles. The number of amides is 1. The van der Waals surface area contributed by atoms with E-state index in [1.165, 1.54) is 0 Å². The maximum Gasteiger partial charge on any atom is 0.287 e. The van der Waals surface area contributed by atoms with E-state index in [1.807, 2.05) is 62.5 Å². The first kappa shape index (κ1) is 18.8. The van der Waals surface area contributed by atoms with Gasteiger partial charge in [-0.1, -0.05) is 30.0 Å². The number of furan rings is 2. The van der Waals surface area contributed by atoms with Crippen LogP contribution in [0.4, 0.5) is 0 Å². The van der Waals surface area contributed by atoms with E-state index in [-0.39, 0.29) is 11.9 Å². The molecule has 1 atom stereocenters. The summed E-state index contributed by atoms with van der Waals surface area (Å²) in [6.45, 7) is 5.75. The molecule has 0 aliphatic rings. The number of carbonyl (C=O) groups excluding carboxylic acids is 1. The number of hydrogen-bond acceptors (Lipinski definition) is 6. The van der Waals surface area contributed by atoms with E-state index in [1.54, 1.807) is 23.1 Å². The number of thiazole rings is 1. The minimum absolute atomic E-state index is 0.247. The number of benzene rings is 1. The lowest BCUT2D eigenvalue weighted by molar-refractivity contribution is 0.0908. The van der Waals surface area contributed by atoms with Crippen molar-refractivity contribution in [3.63, 3.8) is 0 Å². The van der Waals surface area contributed by atoms with Gasteiger partial charge in [-0.2, -0.15) is 0 Å². The molecule has 28 heavy (non-hydrogen) atoms. The third-order valence-electron chi connectivity index (χ3n) is 4.38. The zero-order valence-corrected chi connectivity index (χ0v) is 17.4. The van der Waals surface area contributed by atoms with Crippen LogP contribution in [0.25, 0.3) is 11.0 Å². The van der Waals surface area contributed by atoms with Gasteiger partial charge in [0.25, 0.3) is 5.91 Å². The Morgan fingerprint density at radius 2 is 2.04 bits per heavy atom. The Kier molecular flexibility index (Phi) is 5.28. The highest BCUT2D eigenvalue weighted by Crippen LogP contribution is 2.33. The van der Waals surface area contributed by atoms with E-state index in [4.69, 9.17) is 8.83 Å². The number of hydrogen-bond donors (Lipinski definition) is 1. The second-order valence-corrected chi connectivity index (χ2v) is 8.67. The van der Waals surface area contributed by atoms with Crippen LogP contribution < -0.4 is 5.32 Å². The van der Waals surface area contributed by atoms with Crippen molar-refractivity contribution in [3.05, 3.63) is 70.3 Å². The van der Waals surface area contributed by atoms with Crippen LogP contribution >= 0.6 is 23.1 Å². The van der Waals surface area contributed by atoms with E-state index in [0.29, 0.717) is 17.1 Å². The number of aryl methyl sites for hydroxylation is 2. The van der Waals surface area contributed by atoms with Crippen LogP contribution in [-0.4, -0.2) is 10.9 Å². The zero-order chi connectivity index (χ0) is 19.7. The highest BCUT2D eigenvalue weighted by atomic mass is 32.2. The molecule has 5 nitrogen and oxygen atoms in total. The Morgan fingerprint density at radius 1 is 1.21 bits per heavy atom. The van der Waals surface area contributed by atoms with Gasteiger partial charge in [0, 0.05) is 27.8 Å². The maximum atomic E-state index is 13.0. The fraction of sp³-hybridized carbons (Fsp3) is 0.238. The average Bonchev–Trinajstić information content (AvgIpc) is 3.38. The summed E-state index contributed by atoms with van der Waals surface area (Å²) in [7, 11) is 0. The summed E-state index contributed by atoms with van der Waals surface area (Å²) in [5.41, 5.74) is 2.60. The first-order valence-corrected chi connectivity index (χ1v) is 10.8. The van der Waals surface area contributed by atoms with Crippen LogP contribution in [0.2, 0.25) is 0 Å². The molecule has 1 unspecified atom stereocenters. The number of rotatable bonds is 6. The molecule has 0 spiro atoms. The van der Waals surface area contributed by atoms with Gasteiger partial charge in [-0.15, -0.1) is 11.3 Å². The van der Waals surface area contributed by atoms with E-state index in [2.05, 4.69) is 10.3 Å².